The molecule has 1 aromatic heterocycles. The molecule has 208 valence electrons. The monoisotopic (exact) mass is 570 g/mol. The van der Waals surface area contributed by atoms with Gasteiger partial charge >= 0.3 is 0 Å². The third-order valence-corrected chi connectivity index (χ3v) is 9.60. The van der Waals surface area contributed by atoms with Crippen molar-refractivity contribution in [1.82, 2.24) is 0 Å². The minimum Gasteiger partial charge on any atom is -0.456 e. The van der Waals surface area contributed by atoms with Gasteiger partial charge in [0, 0.05) is 10.8 Å². The van der Waals surface area contributed by atoms with Crippen LogP contribution in [-0.2, 0) is 0 Å². The SMILES string of the molecule is c1ccc2cc3c(cc2c1)oc1ccc(-c2c4ccccc4c(-c4cccc5ccccc45)c4c2ccc2ccccc24)cc13. The summed E-state index contributed by atoms with van der Waals surface area (Å²) in [6, 6.07) is 57.5. The van der Waals surface area contributed by atoms with Gasteiger partial charge in [0.1, 0.15) is 11.2 Å². The highest BCUT2D eigenvalue weighted by Gasteiger charge is 2.20. The van der Waals surface area contributed by atoms with Gasteiger partial charge in [-0.15, -0.1) is 0 Å². The van der Waals surface area contributed by atoms with Gasteiger partial charge in [-0.25, -0.2) is 0 Å². The third-order valence-electron chi connectivity index (χ3n) is 9.60. The number of furan rings is 1. The highest BCUT2D eigenvalue weighted by molar-refractivity contribution is 6.29. The van der Waals surface area contributed by atoms with Crippen LogP contribution < -0.4 is 0 Å². The fourth-order valence-corrected chi connectivity index (χ4v) is 7.60. The second-order valence-corrected chi connectivity index (χ2v) is 12.0. The number of hydrogen-bond donors (Lipinski definition) is 0. The summed E-state index contributed by atoms with van der Waals surface area (Å²) in [4.78, 5) is 0. The molecule has 1 heterocycles. The zero-order valence-electron chi connectivity index (χ0n) is 24.4. The Bertz CT molecular complexity index is 2810. The van der Waals surface area contributed by atoms with Gasteiger partial charge in [0.05, 0.1) is 0 Å². The van der Waals surface area contributed by atoms with Crippen molar-refractivity contribution in [3.8, 4) is 22.3 Å². The van der Waals surface area contributed by atoms with Gasteiger partial charge in [0.15, 0.2) is 0 Å². The molecule has 0 spiro atoms. The van der Waals surface area contributed by atoms with Crippen LogP contribution in [0, 0.1) is 0 Å². The lowest BCUT2D eigenvalue weighted by Crippen LogP contribution is -1.92. The average molecular weight is 571 g/mol. The van der Waals surface area contributed by atoms with Gasteiger partial charge in [-0.2, -0.15) is 0 Å². The van der Waals surface area contributed by atoms with Crippen molar-refractivity contribution < 1.29 is 4.42 Å². The van der Waals surface area contributed by atoms with Crippen LogP contribution in [0.2, 0.25) is 0 Å². The molecule has 0 aliphatic heterocycles. The summed E-state index contributed by atoms with van der Waals surface area (Å²) in [6.45, 7) is 0. The first-order valence-corrected chi connectivity index (χ1v) is 15.5. The summed E-state index contributed by atoms with van der Waals surface area (Å²) in [5.74, 6) is 0. The minimum atomic E-state index is 0.912. The van der Waals surface area contributed by atoms with E-state index >= 15 is 0 Å². The molecule has 0 aliphatic rings. The highest BCUT2D eigenvalue weighted by Crippen LogP contribution is 2.48. The van der Waals surface area contributed by atoms with Gasteiger partial charge in [-0.05, 0) is 100 Å². The summed E-state index contributed by atoms with van der Waals surface area (Å²) in [5, 5.41) is 14.8. The first-order chi connectivity index (χ1) is 22.3. The molecule has 1 heteroatoms. The summed E-state index contributed by atoms with van der Waals surface area (Å²) in [7, 11) is 0. The number of benzene rings is 9. The molecule has 9 aromatic carbocycles. The summed E-state index contributed by atoms with van der Waals surface area (Å²) < 4.78 is 6.40. The second-order valence-electron chi connectivity index (χ2n) is 12.0. The molecule has 0 N–H and O–H groups in total. The van der Waals surface area contributed by atoms with Crippen LogP contribution in [0.4, 0.5) is 0 Å². The Morgan fingerprint density at radius 1 is 0.311 bits per heavy atom. The molecule has 0 atom stereocenters. The third kappa shape index (κ3) is 3.56. The zero-order chi connectivity index (χ0) is 29.5. The molecule has 0 radical (unpaired) electrons. The molecule has 45 heavy (non-hydrogen) atoms. The van der Waals surface area contributed by atoms with E-state index in [0.29, 0.717) is 0 Å². The Balaban J connectivity index is 1.37. The average Bonchev–Trinajstić information content (AvgIpc) is 3.45. The standard InChI is InChI=1S/C44H26O/c1-2-13-30-26-41-39(24-29(30)12-1)38-25-31(21-23-40(38)45-41)42-35-17-7-8-18-36(35)44(34-19-9-14-27-10-3-5-15-32(27)34)43-33-16-6-4-11-28(33)20-22-37(42)43/h1-26H. The fourth-order valence-electron chi connectivity index (χ4n) is 7.60. The second kappa shape index (κ2) is 9.29. The molecule has 10 rings (SSSR count). The number of hydrogen-bond acceptors (Lipinski definition) is 1. The van der Waals surface area contributed by atoms with E-state index in [1.807, 2.05) is 0 Å². The van der Waals surface area contributed by atoms with Crippen molar-refractivity contribution >= 4 is 75.8 Å². The van der Waals surface area contributed by atoms with Crippen LogP contribution in [0.15, 0.2) is 162 Å². The van der Waals surface area contributed by atoms with Crippen LogP contribution in [0.25, 0.3) is 98.1 Å². The van der Waals surface area contributed by atoms with E-state index in [2.05, 4.69) is 158 Å². The molecule has 0 saturated carbocycles. The first-order valence-electron chi connectivity index (χ1n) is 15.5. The topological polar surface area (TPSA) is 13.1 Å². The Labute approximate surface area is 259 Å². The number of fused-ring (bicyclic) bond motifs is 9. The lowest BCUT2D eigenvalue weighted by Gasteiger charge is -2.20. The smallest absolute Gasteiger partial charge is 0.136 e. The zero-order valence-corrected chi connectivity index (χ0v) is 24.4. The van der Waals surface area contributed by atoms with Crippen molar-refractivity contribution in [2.24, 2.45) is 0 Å². The Morgan fingerprint density at radius 2 is 0.911 bits per heavy atom. The Hall–Kier alpha value is -5.92. The maximum atomic E-state index is 6.40. The maximum absolute atomic E-state index is 6.40. The van der Waals surface area contributed by atoms with Crippen molar-refractivity contribution in [2.75, 3.05) is 0 Å². The van der Waals surface area contributed by atoms with E-state index in [4.69, 9.17) is 4.42 Å². The molecule has 10 aromatic rings. The van der Waals surface area contributed by atoms with E-state index in [1.165, 1.54) is 76.1 Å². The molecular formula is C44H26O. The minimum absolute atomic E-state index is 0.912. The van der Waals surface area contributed by atoms with E-state index < -0.39 is 0 Å². The molecule has 0 amide bonds. The van der Waals surface area contributed by atoms with Crippen molar-refractivity contribution in [3.63, 3.8) is 0 Å². The summed E-state index contributed by atoms with van der Waals surface area (Å²) in [6.07, 6.45) is 0. The van der Waals surface area contributed by atoms with E-state index in [0.717, 1.165) is 21.9 Å². The fraction of sp³-hybridized carbons (Fsp3) is 0. The van der Waals surface area contributed by atoms with E-state index in [9.17, 15) is 0 Å². The number of rotatable bonds is 2. The quantitative estimate of drug-likeness (QED) is 0.149. The molecule has 0 saturated heterocycles. The van der Waals surface area contributed by atoms with Crippen LogP contribution in [0.1, 0.15) is 0 Å². The van der Waals surface area contributed by atoms with Crippen molar-refractivity contribution in [1.29, 1.82) is 0 Å². The van der Waals surface area contributed by atoms with Gasteiger partial charge in [-0.3, -0.25) is 0 Å². The lowest BCUT2D eigenvalue weighted by atomic mass is 9.83. The normalized spacial score (nSPS) is 12.0. The first kappa shape index (κ1) is 24.5. The van der Waals surface area contributed by atoms with Crippen LogP contribution in [0.5, 0.6) is 0 Å². The van der Waals surface area contributed by atoms with Crippen molar-refractivity contribution in [2.45, 2.75) is 0 Å². The Kier molecular flexibility index (Phi) is 5.06. The van der Waals surface area contributed by atoms with Crippen LogP contribution >= 0.6 is 0 Å². The lowest BCUT2D eigenvalue weighted by molar-refractivity contribution is 0.669. The van der Waals surface area contributed by atoms with Crippen LogP contribution in [-0.4, -0.2) is 0 Å². The summed E-state index contributed by atoms with van der Waals surface area (Å²) >= 11 is 0. The molecule has 1 nitrogen and oxygen atoms in total. The molecule has 0 bridgehead atoms. The van der Waals surface area contributed by atoms with Gasteiger partial charge in [0.2, 0.25) is 0 Å². The van der Waals surface area contributed by atoms with E-state index in [-0.39, 0.29) is 0 Å². The van der Waals surface area contributed by atoms with Crippen molar-refractivity contribution in [3.05, 3.63) is 158 Å². The largest absolute Gasteiger partial charge is 0.456 e. The molecule has 0 fully saturated rings. The highest BCUT2D eigenvalue weighted by atomic mass is 16.3. The van der Waals surface area contributed by atoms with Gasteiger partial charge in [-0.1, -0.05) is 133 Å². The predicted molar refractivity (Wildman–Crippen MR) is 192 cm³/mol. The Morgan fingerprint density at radius 3 is 1.71 bits per heavy atom. The predicted octanol–water partition coefficient (Wildman–Crippen LogP) is 12.7. The van der Waals surface area contributed by atoms with Gasteiger partial charge < -0.3 is 4.42 Å². The maximum Gasteiger partial charge on any atom is 0.136 e. The van der Waals surface area contributed by atoms with Gasteiger partial charge in [0.25, 0.3) is 0 Å². The molecule has 0 aliphatic carbocycles. The molecule has 0 unspecified atom stereocenters. The van der Waals surface area contributed by atoms with E-state index in [1.54, 1.807) is 0 Å². The summed E-state index contributed by atoms with van der Waals surface area (Å²) in [5.41, 5.74) is 6.84. The van der Waals surface area contributed by atoms with Crippen LogP contribution in [0.3, 0.4) is 0 Å². The molecular weight excluding hydrogens is 544 g/mol.